The average molecular weight is 193 g/mol. The van der Waals surface area contributed by atoms with Crippen LogP contribution in [0.4, 0.5) is 0 Å². The molecule has 0 heterocycles. The van der Waals surface area contributed by atoms with Gasteiger partial charge in [-0.05, 0) is 19.0 Å². The highest BCUT2D eigenvalue weighted by Gasteiger charge is 2.10. The molecular weight excluding hydrogens is 174 g/mol. The van der Waals surface area contributed by atoms with E-state index in [0.29, 0.717) is 0 Å². The Morgan fingerprint density at radius 3 is 2.43 bits per heavy atom. The number of hydrogen-bond donors (Lipinski definition) is 0. The minimum atomic E-state index is 0.181. The van der Waals surface area contributed by atoms with Gasteiger partial charge in [-0.2, -0.15) is 0 Å². The number of methoxy groups -OCH3 is 1. The molecule has 0 aromatic heterocycles. The molecule has 14 heavy (non-hydrogen) atoms. The first kappa shape index (κ1) is 11.2. The topological polar surface area (TPSA) is 12.5 Å². The molecule has 1 aromatic carbocycles. The third-order valence-corrected chi connectivity index (χ3v) is 2.49. The predicted molar refractivity (Wildman–Crippen MR) is 59.0 cm³/mol. The predicted octanol–water partition coefficient (Wildman–Crippen LogP) is 2.50. The van der Waals surface area contributed by atoms with Crippen molar-refractivity contribution in [3.63, 3.8) is 0 Å². The second-order valence-electron chi connectivity index (χ2n) is 3.38. The maximum Gasteiger partial charge on any atom is 0.107 e. The van der Waals surface area contributed by atoms with Gasteiger partial charge in [0.25, 0.3) is 0 Å². The molecule has 0 saturated heterocycles. The lowest BCUT2D eigenvalue weighted by Gasteiger charge is -2.26. The molecule has 2 nitrogen and oxygen atoms in total. The van der Waals surface area contributed by atoms with E-state index in [1.807, 2.05) is 6.07 Å². The summed E-state index contributed by atoms with van der Waals surface area (Å²) < 4.78 is 5.30. The minimum Gasteiger partial charge on any atom is -0.367 e. The van der Waals surface area contributed by atoms with Gasteiger partial charge >= 0.3 is 0 Å². The molecule has 0 fully saturated rings. The summed E-state index contributed by atoms with van der Waals surface area (Å²) in [6, 6.07) is 10.5. The highest BCUT2D eigenvalue weighted by atomic mass is 16.5. The monoisotopic (exact) mass is 193 g/mol. The minimum absolute atomic E-state index is 0.181. The Bertz CT molecular complexity index is 248. The van der Waals surface area contributed by atoms with Gasteiger partial charge in [0.05, 0.1) is 0 Å². The summed E-state index contributed by atoms with van der Waals surface area (Å²) in [4.78, 5) is 2.29. The first-order valence-electron chi connectivity index (χ1n) is 5.08. The van der Waals surface area contributed by atoms with Crippen LogP contribution >= 0.6 is 0 Å². The van der Waals surface area contributed by atoms with Gasteiger partial charge < -0.3 is 4.74 Å². The van der Waals surface area contributed by atoms with Crippen molar-refractivity contribution in [3.05, 3.63) is 35.9 Å². The van der Waals surface area contributed by atoms with Crippen molar-refractivity contribution >= 4 is 0 Å². The Hall–Kier alpha value is -0.860. The van der Waals surface area contributed by atoms with Crippen LogP contribution in [0.25, 0.3) is 0 Å². The van der Waals surface area contributed by atoms with Gasteiger partial charge in [0, 0.05) is 13.7 Å². The van der Waals surface area contributed by atoms with E-state index in [-0.39, 0.29) is 6.23 Å². The van der Waals surface area contributed by atoms with Crippen LogP contribution in [0.1, 0.15) is 19.4 Å². The van der Waals surface area contributed by atoms with Crippen molar-refractivity contribution < 1.29 is 4.74 Å². The smallest absolute Gasteiger partial charge is 0.107 e. The van der Waals surface area contributed by atoms with Gasteiger partial charge in [-0.25, -0.2) is 0 Å². The van der Waals surface area contributed by atoms with Gasteiger partial charge in [-0.1, -0.05) is 37.3 Å². The van der Waals surface area contributed by atoms with Crippen LogP contribution in [0.3, 0.4) is 0 Å². The van der Waals surface area contributed by atoms with Crippen molar-refractivity contribution in [3.8, 4) is 0 Å². The van der Waals surface area contributed by atoms with Crippen LogP contribution in [-0.4, -0.2) is 24.8 Å². The van der Waals surface area contributed by atoms with Crippen molar-refractivity contribution in [2.75, 3.05) is 13.7 Å². The van der Waals surface area contributed by atoms with Crippen LogP contribution in [0.5, 0.6) is 0 Å². The molecule has 0 aliphatic rings. The molecule has 0 spiro atoms. The fourth-order valence-corrected chi connectivity index (χ4v) is 1.46. The Balaban J connectivity index is 2.57. The number of nitrogens with zero attached hydrogens (tertiary/aromatic N) is 1. The first-order chi connectivity index (χ1) is 6.77. The Labute approximate surface area is 86.5 Å². The van der Waals surface area contributed by atoms with Crippen LogP contribution in [0.15, 0.2) is 30.3 Å². The van der Waals surface area contributed by atoms with E-state index in [4.69, 9.17) is 4.74 Å². The highest BCUT2D eigenvalue weighted by molar-refractivity contribution is 5.14. The van der Waals surface area contributed by atoms with Crippen molar-refractivity contribution in [2.45, 2.75) is 26.6 Å². The summed E-state index contributed by atoms with van der Waals surface area (Å²) in [7, 11) is 1.75. The lowest BCUT2D eigenvalue weighted by Crippen LogP contribution is -2.33. The molecule has 1 unspecified atom stereocenters. The standard InChI is InChI=1S/C12H19NO/c1-4-13(11(2)14-3)10-12-8-6-5-7-9-12/h5-9,11H,4,10H2,1-3H3. The zero-order chi connectivity index (χ0) is 10.4. The molecule has 78 valence electrons. The van der Waals surface area contributed by atoms with Crippen molar-refractivity contribution in [1.82, 2.24) is 4.90 Å². The van der Waals surface area contributed by atoms with E-state index in [9.17, 15) is 0 Å². The van der Waals surface area contributed by atoms with Crippen LogP contribution < -0.4 is 0 Å². The summed E-state index contributed by atoms with van der Waals surface area (Å²) in [6.07, 6.45) is 0.181. The quantitative estimate of drug-likeness (QED) is 0.666. The van der Waals surface area contributed by atoms with E-state index in [1.165, 1.54) is 5.56 Å². The summed E-state index contributed by atoms with van der Waals surface area (Å²) in [5, 5.41) is 0. The van der Waals surface area contributed by atoms with Gasteiger partial charge in [-0.15, -0.1) is 0 Å². The maximum absolute atomic E-state index is 5.30. The molecule has 0 radical (unpaired) electrons. The zero-order valence-electron chi connectivity index (χ0n) is 9.23. The van der Waals surface area contributed by atoms with E-state index in [2.05, 4.69) is 43.0 Å². The Morgan fingerprint density at radius 1 is 1.29 bits per heavy atom. The number of hydrogen-bond acceptors (Lipinski definition) is 2. The molecule has 0 aliphatic carbocycles. The van der Waals surface area contributed by atoms with E-state index >= 15 is 0 Å². The summed E-state index contributed by atoms with van der Waals surface area (Å²) in [6.45, 7) is 6.18. The molecule has 0 amide bonds. The van der Waals surface area contributed by atoms with E-state index < -0.39 is 0 Å². The number of rotatable bonds is 5. The SMILES string of the molecule is CCN(Cc1ccccc1)C(C)OC. The molecule has 1 aromatic rings. The van der Waals surface area contributed by atoms with Gasteiger partial charge in [0.15, 0.2) is 0 Å². The van der Waals surface area contributed by atoms with Crippen molar-refractivity contribution in [1.29, 1.82) is 0 Å². The molecule has 1 atom stereocenters. The molecule has 2 heteroatoms. The van der Waals surface area contributed by atoms with Gasteiger partial charge in [-0.3, -0.25) is 4.90 Å². The summed E-state index contributed by atoms with van der Waals surface area (Å²) in [5.74, 6) is 0. The second kappa shape index (κ2) is 5.78. The summed E-state index contributed by atoms with van der Waals surface area (Å²) in [5.41, 5.74) is 1.33. The number of benzene rings is 1. The highest BCUT2D eigenvalue weighted by Crippen LogP contribution is 2.07. The fraction of sp³-hybridized carbons (Fsp3) is 0.500. The first-order valence-corrected chi connectivity index (χ1v) is 5.08. The Kier molecular flexibility index (Phi) is 4.63. The second-order valence-corrected chi connectivity index (χ2v) is 3.38. The zero-order valence-corrected chi connectivity index (χ0v) is 9.23. The molecular formula is C12H19NO. The van der Waals surface area contributed by atoms with Gasteiger partial charge in [0.2, 0.25) is 0 Å². The maximum atomic E-state index is 5.30. The normalized spacial score (nSPS) is 13.1. The van der Waals surface area contributed by atoms with Gasteiger partial charge in [0.1, 0.15) is 6.23 Å². The summed E-state index contributed by atoms with van der Waals surface area (Å²) >= 11 is 0. The fourth-order valence-electron chi connectivity index (χ4n) is 1.46. The van der Waals surface area contributed by atoms with E-state index in [0.717, 1.165) is 13.1 Å². The van der Waals surface area contributed by atoms with Crippen LogP contribution in [-0.2, 0) is 11.3 Å². The van der Waals surface area contributed by atoms with Crippen molar-refractivity contribution in [2.24, 2.45) is 0 Å². The molecule has 0 N–H and O–H groups in total. The lowest BCUT2D eigenvalue weighted by atomic mass is 10.2. The van der Waals surface area contributed by atoms with Crippen LogP contribution in [0.2, 0.25) is 0 Å². The third kappa shape index (κ3) is 3.13. The molecule has 1 rings (SSSR count). The lowest BCUT2D eigenvalue weighted by molar-refractivity contribution is -0.0208. The van der Waals surface area contributed by atoms with E-state index in [1.54, 1.807) is 7.11 Å². The Morgan fingerprint density at radius 2 is 1.93 bits per heavy atom. The average Bonchev–Trinajstić information content (AvgIpc) is 2.26. The third-order valence-electron chi connectivity index (χ3n) is 2.49. The molecule has 0 saturated carbocycles. The number of ether oxygens (including phenoxy) is 1. The van der Waals surface area contributed by atoms with Crippen LogP contribution in [0, 0.1) is 0 Å². The molecule has 0 bridgehead atoms. The largest absolute Gasteiger partial charge is 0.367 e. The molecule has 0 aliphatic heterocycles.